The van der Waals surface area contributed by atoms with E-state index in [1.165, 1.54) is 25.7 Å². The predicted octanol–water partition coefficient (Wildman–Crippen LogP) is 5.18. The van der Waals surface area contributed by atoms with Gasteiger partial charge in [0.25, 0.3) is 5.91 Å². The normalized spacial score (nSPS) is 13.2. The maximum atomic E-state index is 12.6. The van der Waals surface area contributed by atoms with Gasteiger partial charge in [-0.1, -0.05) is 42.9 Å². The van der Waals surface area contributed by atoms with E-state index in [2.05, 4.69) is 17.2 Å². The van der Waals surface area contributed by atoms with Crippen LogP contribution in [0, 0.1) is 17.8 Å². The van der Waals surface area contributed by atoms with Gasteiger partial charge in [0, 0.05) is 35.6 Å². The molecule has 1 aliphatic carbocycles. The molecular formula is C27H31NO4. The van der Waals surface area contributed by atoms with Gasteiger partial charge in [0.05, 0.1) is 6.61 Å². The van der Waals surface area contributed by atoms with E-state index in [-0.39, 0.29) is 12.3 Å². The minimum Gasteiger partial charge on any atom is -0.493 e. The third-order valence-electron chi connectivity index (χ3n) is 5.63. The molecule has 32 heavy (non-hydrogen) atoms. The van der Waals surface area contributed by atoms with E-state index >= 15 is 0 Å². The van der Waals surface area contributed by atoms with Crippen LogP contribution in [0.4, 0.5) is 0 Å². The van der Waals surface area contributed by atoms with Crippen LogP contribution in [0.15, 0.2) is 48.5 Å². The summed E-state index contributed by atoms with van der Waals surface area (Å²) in [5.41, 5.74) is 2.45. The van der Waals surface area contributed by atoms with Crippen molar-refractivity contribution >= 4 is 11.9 Å². The number of carboxylic acids is 1. The van der Waals surface area contributed by atoms with Crippen molar-refractivity contribution in [3.8, 4) is 17.6 Å². The van der Waals surface area contributed by atoms with Gasteiger partial charge in [0.15, 0.2) is 0 Å². The van der Waals surface area contributed by atoms with Gasteiger partial charge in [-0.2, -0.15) is 0 Å². The Morgan fingerprint density at radius 2 is 1.75 bits per heavy atom. The van der Waals surface area contributed by atoms with Crippen molar-refractivity contribution in [2.75, 3.05) is 6.61 Å². The maximum absolute atomic E-state index is 12.6. The molecule has 0 unspecified atom stereocenters. The van der Waals surface area contributed by atoms with E-state index in [1.54, 1.807) is 0 Å². The molecule has 5 heteroatoms. The Balaban J connectivity index is 1.46. The van der Waals surface area contributed by atoms with Crippen LogP contribution >= 0.6 is 0 Å². The lowest BCUT2D eigenvalue weighted by molar-refractivity contribution is -0.137. The molecule has 1 saturated carbocycles. The molecule has 1 amide bonds. The number of carbonyl (C=O) groups is 2. The monoisotopic (exact) mass is 433 g/mol. The molecule has 0 heterocycles. The zero-order valence-electron chi connectivity index (χ0n) is 18.4. The Morgan fingerprint density at radius 1 is 1.00 bits per heavy atom. The highest BCUT2D eigenvalue weighted by Crippen LogP contribution is 2.23. The summed E-state index contributed by atoms with van der Waals surface area (Å²) in [4.78, 5) is 23.1. The molecular weight excluding hydrogens is 402 g/mol. The minimum absolute atomic E-state index is 0.135. The number of benzene rings is 2. The molecule has 2 aromatic carbocycles. The lowest BCUT2D eigenvalue weighted by atomic mass is 10.1. The average Bonchev–Trinajstić information content (AvgIpc) is 3.33. The van der Waals surface area contributed by atoms with Gasteiger partial charge in [0.2, 0.25) is 0 Å². The number of unbranched alkanes of at least 4 members (excludes halogenated alkanes) is 2. The molecule has 2 aromatic rings. The average molecular weight is 434 g/mol. The van der Waals surface area contributed by atoms with E-state index < -0.39 is 5.97 Å². The Bertz CT molecular complexity index is 950. The molecule has 0 spiro atoms. The molecule has 0 saturated heterocycles. The van der Waals surface area contributed by atoms with Crippen molar-refractivity contribution in [2.45, 2.75) is 57.9 Å². The number of rotatable bonds is 10. The van der Waals surface area contributed by atoms with Gasteiger partial charge in [0.1, 0.15) is 5.75 Å². The number of hydrogen-bond acceptors (Lipinski definition) is 3. The molecule has 2 N–H and O–H groups in total. The topological polar surface area (TPSA) is 75.6 Å². The number of hydrogen-bond donors (Lipinski definition) is 2. The molecule has 1 fully saturated rings. The van der Waals surface area contributed by atoms with Gasteiger partial charge in [-0.05, 0) is 62.4 Å². The minimum atomic E-state index is -0.765. The lowest BCUT2D eigenvalue weighted by Gasteiger charge is -2.12. The smallest absolute Gasteiger partial charge is 0.303 e. The van der Waals surface area contributed by atoms with E-state index in [1.807, 2.05) is 48.5 Å². The summed E-state index contributed by atoms with van der Waals surface area (Å²) in [6.07, 6.45) is 7.40. The highest BCUT2D eigenvalue weighted by Gasteiger charge is 2.12. The molecule has 168 valence electrons. The van der Waals surface area contributed by atoms with Gasteiger partial charge in [-0.25, -0.2) is 0 Å². The molecule has 1 aliphatic rings. The van der Waals surface area contributed by atoms with Crippen LogP contribution in [0.5, 0.6) is 5.75 Å². The van der Waals surface area contributed by atoms with E-state index in [9.17, 15) is 9.59 Å². The maximum Gasteiger partial charge on any atom is 0.303 e. The van der Waals surface area contributed by atoms with Crippen LogP contribution in [0.25, 0.3) is 0 Å². The predicted molar refractivity (Wildman–Crippen MR) is 124 cm³/mol. The molecule has 0 atom stereocenters. The zero-order valence-corrected chi connectivity index (χ0v) is 18.4. The summed E-state index contributed by atoms with van der Waals surface area (Å²) in [6.45, 7) is 0.894. The highest BCUT2D eigenvalue weighted by atomic mass is 16.5. The first-order chi connectivity index (χ1) is 15.6. The molecule has 0 radical (unpaired) electrons. The van der Waals surface area contributed by atoms with Gasteiger partial charge < -0.3 is 15.2 Å². The number of amides is 1. The first kappa shape index (κ1) is 23.4. The first-order valence-corrected chi connectivity index (χ1v) is 11.4. The van der Waals surface area contributed by atoms with Crippen molar-refractivity contribution < 1.29 is 19.4 Å². The second-order valence-corrected chi connectivity index (χ2v) is 8.17. The molecule has 0 aliphatic heterocycles. The van der Waals surface area contributed by atoms with Gasteiger partial charge in [-0.3, -0.25) is 9.59 Å². The van der Waals surface area contributed by atoms with Crippen molar-refractivity contribution in [3.05, 3.63) is 65.2 Å². The van der Waals surface area contributed by atoms with Crippen LogP contribution in [0.3, 0.4) is 0 Å². The van der Waals surface area contributed by atoms with Gasteiger partial charge in [-0.15, -0.1) is 0 Å². The van der Waals surface area contributed by atoms with Gasteiger partial charge >= 0.3 is 5.97 Å². The molecule has 0 aromatic heterocycles. The fourth-order valence-electron chi connectivity index (χ4n) is 3.77. The number of para-hydroxylation sites is 1. The van der Waals surface area contributed by atoms with E-state index in [0.717, 1.165) is 29.7 Å². The van der Waals surface area contributed by atoms with Crippen molar-refractivity contribution in [1.29, 1.82) is 0 Å². The third kappa shape index (κ3) is 7.77. The first-order valence-electron chi connectivity index (χ1n) is 11.4. The van der Waals surface area contributed by atoms with Crippen LogP contribution in [-0.4, -0.2) is 23.6 Å². The molecule has 5 nitrogen and oxygen atoms in total. The highest BCUT2D eigenvalue weighted by molar-refractivity contribution is 5.94. The second-order valence-electron chi connectivity index (χ2n) is 8.17. The van der Waals surface area contributed by atoms with Crippen molar-refractivity contribution in [3.63, 3.8) is 0 Å². The van der Waals surface area contributed by atoms with Crippen molar-refractivity contribution in [2.24, 2.45) is 5.92 Å². The van der Waals surface area contributed by atoms with Crippen LogP contribution in [0.1, 0.15) is 72.9 Å². The molecule has 0 bridgehead atoms. The molecule has 3 rings (SSSR count). The number of carboxylic acid groups (broad SMARTS) is 1. The second kappa shape index (κ2) is 12.6. The summed E-state index contributed by atoms with van der Waals surface area (Å²) in [5, 5.41) is 11.6. The quantitative estimate of drug-likeness (QED) is 0.400. The standard InChI is InChI=1S/C27H31NO4/c29-26(30)12-2-1-7-19-32-25-11-6-5-10-24(25)20-28-27(31)23-17-15-22(16-18-23)14-13-21-8-3-4-9-21/h5-6,10-11,15-18,21H,1-4,7-9,12,19-20H2,(H,28,31)(H,29,30). The zero-order chi connectivity index (χ0) is 22.6. The SMILES string of the molecule is O=C(O)CCCCCOc1ccccc1CNC(=O)c1ccc(C#CC2CCCC2)cc1. The Labute approximate surface area is 190 Å². The number of nitrogens with one attached hydrogen (secondary N) is 1. The van der Waals surface area contributed by atoms with Crippen LogP contribution in [-0.2, 0) is 11.3 Å². The number of aliphatic carboxylic acids is 1. The summed E-state index contributed by atoms with van der Waals surface area (Å²) in [7, 11) is 0. The van der Waals surface area contributed by atoms with E-state index in [0.29, 0.717) is 31.1 Å². The Kier molecular flexibility index (Phi) is 9.19. The van der Waals surface area contributed by atoms with Crippen LogP contribution < -0.4 is 10.1 Å². The fourth-order valence-corrected chi connectivity index (χ4v) is 3.77. The largest absolute Gasteiger partial charge is 0.493 e. The Hall–Kier alpha value is -3.26. The lowest BCUT2D eigenvalue weighted by Crippen LogP contribution is -2.23. The summed E-state index contributed by atoms with van der Waals surface area (Å²) in [5.74, 6) is 6.93. The van der Waals surface area contributed by atoms with Crippen LogP contribution in [0.2, 0.25) is 0 Å². The number of ether oxygens (including phenoxy) is 1. The van der Waals surface area contributed by atoms with E-state index in [4.69, 9.17) is 9.84 Å². The Morgan fingerprint density at radius 3 is 2.50 bits per heavy atom. The summed E-state index contributed by atoms with van der Waals surface area (Å²) < 4.78 is 5.85. The summed E-state index contributed by atoms with van der Waals surface area (Å²) in [6, 6.07) is 15.1. The number of carbonyl (C=O) groups excluding carboxylic acids is 1. The third-order valence-corrected chi connectivity index (χ3v) is 5.63. The summed E-state index contributed by atoms with van der Waals surface area (Å²) >= 11 is 0. The van der Waals surface area contributed by atoms with Crippen molar-refractivity contribution in [1.82, 2.24) is 5.32 Å². The fraction of sp³-hybridized carbons (Fsp3) is 0.407.